The van der Waals surface area contributed by atoms with E-state index in [-0.39, 0.29) is 0 Å². The molecule has 4 unspecified atom stereocenters. The van der Waals surface area contributed by atoms with E-state index in [0.29, 0.717) is 12.1 Å². The molecule has 0 spiro atoms. The van der Waals surface area contributed by atoms with Crippen LogP contribution in [0.2, 0.25) is 0 Å². The van der Waals surface area contributed by atoms with Crippen LogP contribution in [-0.2, 0) is 0 Å². The minimum atomic E-state index is 0.627. The second-order valence-electron chi connectivity index (χ2n) is 5.23. The first-order valence-electron chi connectivity index (χ1n) is 6.16. The van der Waals surface area contributed by atoms with Gasteiger partial charge in [0.25, 0.3) is 0 Å². The highest BCUT2D eigenvalue weighted by atomic mass is 14.9. The van der Waals surface area contributed by atoms with Crippen molar-refractivity contribution in [3.8, 4) is 0 Å². The third kappa shape index (κ3) is 4.45. The third-order valence-corrected chi connectivity index (χ3v) is 3.83. The van der Waals surface area contributed by atoms with Crippen LogP contribution in [0.25, 0.3) is 0 Å². The summed E-state index contributed by atoms with van der Waals surface area (Å²) in [6, 6.07) is 1.27. The molecule has 0 fully saturated rings. The fraction of sp³-hybridized carbons (Fsp3) is 1.00. The molecule has 14 heavy (non-hydrogen) atoms. The smallest absolute Gasteiger partial charge is 0.00694 e. The van der Waals surface area contributed by atoms with Gasteiger partial charge in [0.1, 0.15) is 0 Å². The molecule has 1 heteroatoms. The molecular formula is C13H29N. The van der Waals surface area contributed by atoms with Crippen molar-refractivity contribution >= 4 is 0 Å². The van der Waals surface area contributed by atoms with Gasteiger partial charge in [0.2, 0.25) is 0 Å². The molecule has 0 bridgehead atoms. The van der Waals surface area contributed by atoms with Gasteiger partial charge in [0, 0.05) is 12.1 Å². The lowest BCUT2D eigenvalue weighted by Crippen LogP contribution is -2.41. The Balaban J connectivity index is 4.04. The molecule has 0 heterocycles. The van der Waals surface area contributed by atoms with Crippen LogP contribution in [0.15, 0.2) is 0 Å². The molecule has 0 rings (SSSR count). The Hall–Kier alpha value is -0.0400. The summed E-state index contributed by atoms with van der Waals surface area (Å²) in [5.41, 5.74) is 0. The molecule has 0 aromatic rings. The van der Waals surface area contributed by atoms with Crippen LogP contribution in [0.3, 0.4) is 0 Å². The molecule has 4 atom stereocenters. The summed E-state index contributed by atoms with van der Waals surface area (Å²) in [5.74, 6) is 2.33. The number of hydrogen-bond donors (Lipinski definition) is 1. The van der Waals surface area contributed by atoms with Gasteiger partial charge < -0.3 is 5.32 Å². The van der Waals surface area contributed by atoms with E-state index in [0.717, 1.165) is 17.8 Å². The van der Waals surface area contributed by atoms with E-state index in [1.807, 2.05) is 0 Å². The van der Waals surface area contributed by atoms with Crippen molar-refractivity contribution in [1.82, 2.24) is 5.32 Å². The highest BCUT2D eigenvalue weighted by Crippen LogP contribution is 2.23. The molecule has 1 nitrogen and oxygen atoms in total. The van der Waals surface area contributed by atoms with E-state index in [2.05, 4.69) is 53.8 Å². The molecule has 0 saturated carbocycles. The van der Waals surface area contributed by atoms with Crippen molar-refractivity contribution in [3.05, 3.63) is 0 Å². The number of rotatable bonds is 6. The molecule has 86 valence electrons. The highest BCUT2D eigenvalue weighted by molar-refractivity contribution is 4.77. The fourth-order valence-corrected chi connectivity index (χ4v) is 1.78. The largest absolute Gasteiger partial charge is 0.312 e. The van der Waals surface area contributed by atoms with E-state index in [9.17, 15) is 0 Å². The maximum Gasteiger partial charge on any atom is 0.00694 e. The SMILES string of the molecule is CCC(C)NC(C)C(C)C(C)C(C)C. The van der Waals surface area contributed by atoms with E-state index < -0.39 is 0 Å². The van der Waals surface area contributed by atoms with Gasteiger partial charge in [-0.05, 0) is 38.0 Å². The van der Waals surface area contributed by atoms with Crippen molar-refractivity contribution < 1.29 is 0 Å². The van der Waals surface area contributed by atoms with Crippen molar-refractivity contribution in [2.75, 3.05) is 0 Å². The Labute approximate surface area is 90.7 Å². The lowest BCUT2D eigenvalue weighted by atomic mass is 9.82. The first-order valence-corrected chi connectivity index (χ1v) is 6.16. The average molecular weight is 199 g/mol. The van der Waals surface area contributed by atoms with Gasteiger partial charge in [-0.25, -0.2) is 0 Å². The molecule has 0 aliphatic heterocycles. The Morgan fingerprint density at radius 3 is 1.71 bits per heavy atom. The maximum absolute atomic E-state index is 3.67. The molecule has 0 aromatic carbocycles. The van der Waals surface area contributed by atoms with Gasteiger partial charge in [0.05, 0.1) is 0 Å². The highest BCUT2D eigenvalue weighted by Gasteiger charge is 2.21. The molecule has 0 saturated heterocycles. The Bertz CT molecular complexity index is 142. The zero-order chi connectivity index (χ0) is 11.3. The Morgan fingerprint density at radius 2 is 1.36 bits per heavy atom. The van der Waals surface area contributed by atoms with E-state index >= 15 is 0 Å². The van der Waals surface area contributed by atoms with Crippen molar-refractivity contribution in [1.29, 1.82) is 0 Å². The van der Waals surface area contributed by atoms with Gasteiger partial charge in [-0.1, -0.05) is 34.6 Å². The maximum atomic E-state index is 3.67. The van der Waals surface area contributed by atoms with Crippen LogP contribution in [0, 0.1) is 17.8 Å². The number of hydrogen-bond acceptors (Lipinski definition) is 1. The molecule has 0 amide bonds. The van der Waals surface area contributed by atoms with Gasteiger partial charge >= 0.3 is 0 Å². The van der Waals surface area contributed by atoms with Crippen LogP contribution in [0.5, 0.6) is 0 Å². The minimum Gasteiger partial charge on any atom is -0.312 e. The van der Waals surface area contributed by atoms with Gasteiger partial charge in [-0.15, -0.1) is 0 Å². The van der Waals surface area contributed by atoms with E-state index in [4.69, 9.17) is 0 Å². The van der Waals surface area contributed by atoms with Gasteiger partial charge in [-0.3, -0.25) is 0 Å². The second kappa shape index (κ2) is 6.44. The first-order chi connectivity index (χ1) is 6.40. The minimum absolute atomic E-state index is 0.627. The molecule has 0 aromatic heterocycles. The normalized spacial score (nSPS) is 20.6. The summed E-state index contributed by atoms with van der Waals surface area (Å²) in [7, 11) is 0. The van der Waals surface area contributed by atoms with Crippen molar-refractivity contribution in [2.24, 2.45) is 17.8 Å². The zero-order valence-electron chi connectivity index (χ0n) is 11.1. The molecule has 0 aliphatic rings. The van der Waals surface area contributed by atoms with Crippen LogP contribution >= 0.6 is 0 Å². The summed E-state index contributed by atoms with van der Waals surface area (Å²) < 4.78 is 0. The summed E-state index contributed by atoms with van der Waals surface area (Å²) in [4.78, 5) is 0. The molecular weight excluding hydrogens is 170 g/mol. The second-order valence-corrected chi connectivity index (χ2v) is 5.23. The number of nitrogens with one attached hydrogen (secondary N) is 1. The molecule has 0 radical (unpaired) electrons. The van der Waals surface area contributed by atoms with Gasteiger partial charge in [0.15, 0.2) is 0 Å². The third-order valence-electron chi connectivity index (χ3n) is 3.83. The summed E-state index contributed by atoms with van der Waals surface area (Å²) in [6.45, 7) is 16.2. The first kappa shape index (κ1) is 14.0. The van der Waals surface area contributed by atoms with Crippen LogP contribution in [0.4, 0.5) is 0 Å². The lowest BCUT2D eigenvalue weighted by Gasteiger charge is -2.31. The van der Waals surface area contributed by atoms with E-state index in [1.165, 1.54) is 6.42 Å². The standard InChI is InChI=1S/C13H29N/c1-8-10(4)14-13(7)12(6)11(5)9(2)3/h9-14H,8H2,1-7H3. The fourth-order valence-electron chi connectivity index (χ4n) is 1.78. The van der Waals surface area contributed by atoms with Gasteiger partial charge in [-0.2, -0.15) is 0 Å². The predicted molar refractivity (Wildman–Crippen MR) is 65.5 cm³/mol. The van der Waals surface area contributed by atoms with Crippen LogP contribution in [-0.4, -0.2) is 12.1 Å². The van der Waals surface area contributed by atoms with Crippen molar-refractivity contribution in [3.63, 3.8) is 0 Å². The predicted octanol–water partition coefficient (Wildman–Crippen LogP) is 3.69. The monoisotopic (exact) mass is 199 g/mol. The summed E-state index contributed by atoms with van der Waals surface area (Å²) in [6.07, 6.45) is 1.22. The topological polar surface area (TPSA) is 12.0 Å². The molecule has 0 aliphatic carbocycles. The summed E-state index contributed by atoms with van der Waals surface area (Å²) in [5, 5.41) is 3.67. The quantitative estimate of drug-likeness (QED) is 0.688. The van der Waals surface area contributed by atoms with Crippen LogP contribution < -0.4 is 5.32 Å². The van der Waals surface area contributed by atoms with Crippen LogP contribution in [0.1, 0.15) is 54.9 Å². The Kier molecular flexibility index (Phi) is 6.43. The lowest BCUT2D eigenvalue weighted by molar-refractivity contribution is 0.229. The average Bonchev–Trinajstić information content (AvgIpc) is 2.14. The molecule has 1 N–H and O–H groups in total. The van der Waals surface area contributed by atoms with E-state index in [1.54, 1.807) is 0 Å². The zero-order valence-corrected chi connectivity index (χ0v) is 11.1. The summed E-state index contributed by atoms with van der Waals surface area (Å²) >= 11 is 0. The Morgan fingerprint density at radius 1 is 0.857 bits per heavy atom. The van der Waals surface area contributed by atoms with Crippen molar-refractivity contribution in [2.45, 2.75) is 67.0 Å².